The van der Waals surface area contributed by atoms with Crippen molar-refractivity contribution in [3.63, 3.8) is 0 Å². The third-order valence-electron chi connectivity index (χ3n) is 3.02. The van der Waals surface area contributed by atoms with Crippen molar-refractivity contribution in [1.82, 2.24) is 0 Å². The van der Waals surface area contributed by atoms with Gasteiger partial charge in [-0.1, -0.05) is 63.2 Å². The van der Waals surface area contributed by atoms with Crippen LogP contribution in [0, 0.1) is 0 Å². The molecular formula is C18H32O2. The molecule has 0 aromatic carbocycles. The molecule has 2 nitrogen and oxygen atoms in total. The molecule has 0 aliphatic rings. The van der Waals surface area contributed by atoms with Gasteiger partial charge in [0.2, 0.25) is 0 Å². The van der Waals surface area contributed by atoms with Crippen LogP contribution in [-0.4, -0.2) is 11.1 Å². The molecule has 0 aliphatic heterocycles. The van der Waals surface area contributed by atoms with E-state index in [2.05, 4.69) is 6.92 Å². The predicted molar refractivity (Wildman–Crippen MR) is 87.0 cm³/mol. The Morgan fingerprint density at radius 1 is 0.900 bits per heavy atom. The maximum Gasteiger partial charge on any atom is 0.303 e. The molecule has 0 radical (unpaired) electrons. The smallest absolute Gasteiger partial charge is 0.303 e. The Hall–Kier alpha value is -1.05. The molecule has 0 aromatic heterocycles. The fraction of sp³-hybridized carbons (Fsp3) is 0.722. The van der Waals surface area contributed by atoms with Crippen molar-refractivity contribution in [3.05, 3.63) is 24.2 Å². The van der Waals surface area contributed by atoms with Crippen LogP contribution >= 0.6 is 0 Å². The Kier molecular flexibility index (Phi) is 10.1. The third-order valence-corrected chi connectivity index (χ3v) is 3.02. The molecule has 0 unspecified atom stereocenters. The first-order chi connectivity index (χ1) is 11.4. The summed E-state index contributed by atoms with van der Waals surface area (Å²) in [5.74, 6) is -0.757. The van der Waals surface area contributed by atoms with Gasteiger partial charge < -0.3 is 5.11 Å². The monoisotopic (exact) mass is 288 g/mol. The molecule has 0 atom stereocenters. The van der Waals surface area contributed by atoms with Crippen molar-refractivity contribution in [2.24, 2.45) is 0 Å². The quantitative estimate of drug-likeness (QED) is 0.320. The minimum Gasteiger partial charge on any atom is -0.481 e. The topological polar surface area (TPSA) is 37.3 Å². The summed E-state index contributed by atoms with van der Waals surface area (Å²) < 4.78 is 31.5. The van der Waals surface area contributed by atoms with Gasteiger partial charge in [-0.15, -0.1) is 0 Å². The van der Waals surface area contributed by atoms with E-state index in [-0.39, 0.29) is 31.0 Å². The van der Waals surface area contributed by atoms with Gasteiger partial charge in [-0.2, -0.15) is 0 Å². The van der Waals surface area contributed by atoms with E-state index in [0.29, 0.717) is 25.3 Å². The molecule has 116 valence electrons. The Bertz CT molecular complexity index is 431. The maximum atomic E-state index is 10.4. The number of rotatable bonds is 14. The number of hydrogen-bond acceptors (Lipinski definition) is 1. The van der Waals surface area contributed by atoms with E-state index < -0.39 is 5.97 Å². The second kappa shape index (κ2) is 16.0. The van der Waals surface area contributed by atoms with E-state index >= 15 is 0 Å². The largest absolute Gasteiger partial charge is 0.481 e. The van der Waals surface area contributed by atoms with Crippen LogP contribution in [0.4, 0.5) is 0 Å². The number of carboxylic acid groups (broad SMARTS) is 1. The standard InChI is InChI=1S/C18H32O2/c1-2-3-4-5-6-7-8-9-10-11-12-13-14-15-16-17-18(19)20/h6-7,9-10H,2-5,8,11-17H2,1H3,(H,19,20)/b7-6-,10-9-/i6T,7T,9T,10T. The van der Waals surface area contributed by atoms with Gasteiger partial charge in [0.05, 0.1) is 5.48 Å². The van der Waals surface area contributed by atoms with Crippen LogP contribution in [0.25, 0.3) is 0 Å². The summed E-state index contributed by atoms with van der Waals surface area (Å²) in [6.07, 6.45) is 8.72. The maximum absolute atomic E-state index is 10.4. The van der Waals surface area contributed by atoms with Crippen LogP contribution in [0.2, 0.25) is 0 Å². The van der Waals surface area contributed by atoms with Crippen LogP contribution < -0.4 is 0 Å². The van der Waals surface area contributed by atoms with Gasteiger partial charge >= 0.3 is 5.97 Å². The van der Waals surface area contributed by atoms with E-state index in [9.17, 15) is 4.79 Å². The zero-order chi connectivity index (χ0) is 18.4. The van der Waals surface area contributed by atoms with E-state index in [1.807, 2.05) is 0 Å². The lowest BCUT2D eigenvalue weighted by atomic mass is 10.1. The molecule has 0 amide bonds. The minimum absolute atomic E-state index is 0.0857. The zero-order valence-corrected chi connectivity index (χ0v) is 12.8. The minimum atomic E-state index is -0.757. The normalized spacial score (nSPS) is 16.4. The van der Waals surface area contributed by atoms with Crippen LogP contribution in [-0.2, 0) is 4.79 Å². The highest BCUT2D eigenvalue weighted by Crippen LogP contribution is 2.08. The average molecular weight is 288 g/mol. The lowest BCUT2D eigenvalue weighted by Crippen LogP contribution is -1.93. The molecule has 2 heteroatoms. The number of allylic oxidation sites excluding steroid dienone is 4. The molecule has 0 fully saturated rings. The summed E-state index contributed by atoms with van der Waals surface area (Å²) in [6, 6.07) is 0.853. The van der Waals surface area contributed by atoms with Crippen LogP contribution in [0.1, 0.15) is 89.5 Å². The molecule has 0 aliphatic carbocycles. The Balaban J connectivity index is 4.05. The Morgan fingerprint density at radius 3 is 2.05 bits per heavy atom. The van der Waals surface area contributed by atoms with Crippen LogP contribution in [0.3, 0.4) is 0 Å². The first-order valence-electron chi connectivity index (χ1n) is 9.90. The average Bonchev–Trinajstić information content (AvgIpc) is 2.53. The van der Waals surface area contributed by atoms with E-state index in [0.717, 1.165) is 44.9 Å². The number of aliphatic carboxylic acids is 1. The summed E-state index contributed by atoms with van der Waals surface area (Å²) in [7, 11) is 0. The molecule has 20 heavy (non-hydrogen) atoms. The fourth-order valence-electron chi connectivity index (χ4n) is 1.83. The van der Waals surface area contributed by atoms with Gasteiger partial charge in [0.15, 0.2) is 0 Å². The highest BCUT2D eigenvalue weighted by molar-refractivity contribution is 5.66. The first kappa shape index (κ1) is 12.7. The number of unbranched alkanes of at least 4 members (excludes halogenated alkanes) is 6. The SMILES string of the molecule is [3H]/C(CCCCC)=C(\[3H])C/C([3H])=C(/[3H])CCCCCCCC(=O)O. The van der Waals surface area contributed by atoms with Crippen molar-refractivity contribution in [2.75, 3.05) is 0 Å². The van der Waals surface area contributed by atoms with Gasteiger partial charge in [-0.3, -0.25) is 4.79 Å². The molecule has 0 spiro atoms. The molecule has 0 aromatic rings. The highest BCUT2D eigenvalue weighted by atomic mass is 16.4. The van der Waals surface area contributed by atoms with Gasteiger partial charge in [-0.05, 0) is 38.5 Å². The number of carbonyl (C=O) groups is 1. The van der Waals surface area contributed by atoms with Gasteiger partial charge in [0.1, 0.15) is 0 Å². The summed E-state index contributed by atoms with van der Waals surface area (Å²) in [6.45, 7) is 2.10. The molecule has 0 saturated heterocycles. The molecular weight excluding hydrogens is 248 g/mol. The fourth-order valence-corrected chi connectivity index (χ4v) is 1.83. The van der Waals surface area contributed by atoms with Crippen molar-refractivity contribution in [3.8, 4) is 0 Å². The third kappa shape index (κ3) is 16.9. The Morgan fingerprint density at radius 2 is 1.45 bits per heavy atom. The molecule has 1 N–H and O–H groups in total. The lowest BCUT2D eigenvalue weighted by Gasteiger charge is -1.98. The van der Waals surface area contributed by atoms with Crippen molar-refractivity contribution in [1.29, 1.82) is 0 Å². The van der Waals surface area contributed by atoms with Gasteiger partial charge in [-0.25, -0.2) is 0 Å². The van der Waals surface area contributed by atoms with Gasteiger partial charge in [0.25, 0.3) is 0 Å². The van der Waals surface area contributed by atoms with Crippen LogP contribution in [0.5, 0.6) is 0 Å². The predicted octanol–water partition coefficient (Wildman–Crippen LogP) is 5.88. The number of carboxylic acids is 1. The Labute approximate surface area is 130 Å². The zero-order valence-electron chi connectivity index (χ0n) is 16.8. The first-order valence-corrected chi connectivity index (χ1v) is 7.90. The van der Waals surface area contributed by atoms with E-state index in [1.54, 1.807) is 0 Å². The molecule has 0 bridgehead atoms. The highest BCUT2D eigenvalue weighted by Gasteiger charge is 1.95. The second-order valence-corrected chi connectivity index (χ2v) is 5.00. The number of hydrogen-bond donors (Lipinski definition) is 1. The van der Waals surface area contributed by atoms with Crippen molar-refractivity contribution < 1.29 is 15.4 Å². The second-order valence-electron chi connectivity index (χ2n) is 5.00. The molecule has 0 saturated carbocycles. The van der Waals surface area contributed by atoms with Crippen molar-refractivity contribution in [2.45, 2.75) is 84.0 Å². The van der Waals surface area contributed by atoms with Crippen molar-refractivity contribution >= 4 is 5.97 Å². The summed E-state index contributed by atoms with van der Waals surface area (Å²) in [5, 5.41) is 8.54. The molecule has 0 heterocycles. The molecule has 0 rings (SSSR count). The van der Waals surface area contributed by atoms with E-state index in [4.69, 9.17) is 10.6 Å². The summed E-state index contributed by atoms with van der Waals surface area (Å²) in [5.41, 5.74) is 0. The summed E-state index contributed by atoms with van der Waals surface area (Å²) in [4.78, 5) is 10.4. The summed E-state index contributed by atoms with van der Waals surface area (Å²) >= 11 is 0. The lowest BCUT2D eigenvalue weighted by molar-refractivity contribution is -0.137. The van der Waals surface area contributed by atoms with E-state index in [1.165, 1.54) is 0 Å². The van der Waals surface area contributed by atoms with Gasteiger partial charge in [0, 0.05) is 6.42 Å². The van der Waals surface area contributed by atoms with Crippen LogP contribution in [0.15, 0.2) is 24.2 Å².